The number of nitrogens with one attached hydrogen (secondary N) is 1. The van der Waals surface area contributed by atoms with Gasteiger partial charge in [0.1, 0.15) is 17.4 Å². The Morgan fingerprint density at radius 3 is 2.64 bits per heavy atom. The standard InChI is InChI=1S/C17H17F2NO2/c1-22-16-7-6-15(19)10-13(16)11-20-17(21)8-5-12-3-2-4-14(18)9-12/h2-4,6-7,9-10H,5,8,11H2,1H3,(H,20,21). The van der Waals surface area contributed by atoms with Crippen molar-refractivity contribution in [1.82, 2.24) is 5.32 Å². The average Bonchev–Trinajstić information content (AvgIpc) is 2.51. The van der Waals surface area contributed by atoms with E-state index in [2.05, 4.69) is 5.32 Å². The molecule has 2 rings (SSSR count). The van der Waals surface area contributed by atoms with Crippen LogP contribution in [0.5, 0.6) is 5.75 Å². The van der Waals surface area contributed by atoms with Gasteiger partial charge in [0.2, 0.25) is 5.91 Å². The number of hydrogen-bond donors (Lipinski definition) is 1. The minimum Gasteiger partial charge on any atom is -0.496 e. The molecule has 5 heteroatoms. The molecular weight excluding hydrogens is 288 g/mol. The molecule has 1 N–H and O–H groups in total. The first-order valence-electron chi connectivity index (χ1n) is 6.92. The first kappa shape index (κ1) is 15.9. The number of ether oxygens (including phenoxy) is 1. The van der Waals surface area contributed by atoms with Crippen LogP contribution < -0.4 is 10.1 Å². The third-order valence-electron chi connectivity index (χ3n) is 3.25. The molecule has 0 unspecified atom stereocenters. The summed E-state index contributed by atoms with van der Waals surface area (Å²) in [6, 6.07) is 10.3. The van der Waals surface area contributed by atoms with Crippen LogP contribution >= 0.6 is 0 Å². The summed E-state index contributed by atoms with van der Waals surface area (Å²) in [4.78, 5) is 11.8. The molecular formula is C17H17F2NO2. The summed E-state index contributed by atoms with van der Waals surface area (Å²) in [6.07, 6.45) is 0.685. The molecule has 3 nitrogen and oxygen atoms in total. The third-order valence-corrected chi connectivity index (χ3v) is 3.25. The fraction of sp³-hybridized carbons (Fsp3) is 0.235. The van der Waals surface area contributed by atoms with E-state index < -0.39 is 0 Å². The van der Waals surface area contributed by atoms with Gasteiger partial charge >= 0.3 is 0 Å². The number of benzene rings is 2. The van der Waals surface area contributed by atoms with Gasteiger partial charge < -0.3 is 10.1 Å². The molecule has 0 aromatic heterocycles. The Balaban J connectivity index is 1.86. The summed E-state index contributed by atoms with van der Waals surface area (Å²) in [5.41, 5.74) is 1.33. The van der Waals surface area contributed by atoms with Crippen LogP contribution in [0.1, 0.15) is 17.5 Å². The zero-order valence-corrected chi connectivity index (χ0v) is 12.2. The minimum absolute atomic E-state index is 0.183. The Morgan fingerprint density at radius 2 is 1.91 bits per heavy atom. The molecule has 2 aromatic rings. The zero-order valence-electron chi connectivity index (χ0n) is 12.2. The Hall–Kier alpha value is -2.43. The maximum atomic E-state index is 13.2. The van der Waals surface area contributed by atoms with Crippen molar-refractivity contribution >= 4 is 5.91 Å². The van der Waals surface area contributed by atoms with Gasteiger partial charge in [-0.25, -0.2) is 8.78 Å². The predicted octanol–water partition coefficient (Wildman–Crippen LogP) is 3.22. The van der Waals surface area contributed by atoms with E-state index in [0.717, 1.165) is 5.56 Å². The van der Waals surface area contributed by atoms with E-state index in [0.29, 0.717) is 17.7 Å². The van der Waals surface area contributed by atoms with E-state index in [1.54, 1.807) is 12.1 Å². The summed E-state index contributed by atoms with van der Waals surface area (Å²) in [6.45, 7) is 0.183. The number of methoxy groups -OCH3 is 1. The van der Waals surface area contributed by atoms with Gasteiger partial charge in [-0.1, -0.05) is 12.1 Å². The van der Waals surface area contributed by atoms with Gasteiger partial charge in [0.15, 0.2) is 0 Å². The van der Waals surface area contributed by atoms with Gasteiger partial charge in [-0.2, -0.15) is 0 Å². The molecule has 2 aromatic carbocycles. The first-order valence-corrected chi connectivity index (χ1v) is 6.92. The van der Waals surface area contributed by atoms with Crippen molar-refractivity contribution in [1.29, 1.82) is 0 Å². The molecule has 0 radical (unpaired) electrons. The molecule has 0 heterocycles. The highest BCUT2D eigenvalue weighted by Crippen LogP contribution is 2.19. The maximum absolute atomic E-state index is 13.2. The highest BCUT2D eigenvalue weighted by atomic mass is 19.1. The summed E-state index contributed by atoms with van der Waals surface area (Å²) in [7, 11) is 1.49. The summed E-state index contributed by atoms with van der Waals surface area (Å²) in [5.74, 6) is -0.366. The second-order valence-electron chi connectivity index (χ2n) is 4.86. The molecule has 0 spiro atoms. The number of carbonyl (C=O) groups excluding carboxylic acids is 1. The van der Waals surface area contributed by atoms with Crippen LogP contribution in [0.3, 0.4) is 0 Å². The second kappa shape index (κ2) is 7.54. The Bertz CT molecular complexity index is 659. The molecule has 0 saturated carbocycles. The quantitative estimate of drug-likeness (QED) is 0.890. The molecule has 116 valence electrons. The number of halogens is 2. The van der Waals surface area contributed by atoms with E-state index in [1.807, 2.05) is 0 Å². The van der Waals surface area contributed by atoms with Gasteiger partial charge in [-0.3, -0.25) is 4.79 Å². The molecule has 0 aliphatic rings. The molecule has 0 atom stereocenters. The lowest BCUT2D eigenvalue weighted by Crippen LogP contribution is -2.23. The smallest absolute Gasteiger partial charge is 0.220 e. The Kier molecular flexibility index (Phi) is 5.47. The highest BCUT2D eigenvalue weighted by Gasteiger charge is 2.07. The van der Waals surface area contributed by atoms with Gasteiger partial charge in [0.05, 0.1) is 7.11 Å². The van der Waals surface area contributed by atoms with Crippen LogP contribution in [-0.2, 0) is 17.8 Å². The van der Waals surface area contributed by atoms with Gasteiger partial charge in [0.25, 0.3) is 0 Å². The zero-order chi connectivity index (χ0) is 15.9. The molecule has 0 aliphatic carbocycles. The van der Waals surface area contributed by atoms with Crippen LogP contribution in [-0.4, -0.2) is 13.0 Å². The highest BCUT2D eigenvalue weighted by molar-refractivity contribution is 5.76. The molecule has 22 heavy (non-hydrogen) atoms. The Labute approximate surface area is 127 Å². The van der Waals surface area contributed by atoms with Crippen LogP contribution in [0, 0.1) is 11.6 Å². The van der Waals surface area contributed by atoms with Gasteiger partial charge in [0, 0.05) is 18.5 Å². The lowest BCUT2D eigenvalue weighted by molar-refractivity contribution is -0.121. The predicted molar refractivity (Wildman–Crippen MR) is 79.5 cm³/mol. The van der Waals surface area contributed by atoms with E-state index >= 15 is 0 Å². The van der Waals surface area contributed by atoms with E-state index in [1.165, 1.54) is 37.4 Å². The van der Waals surface area contributed by atoms with Crippen molar-refractivity contribution in [3.05, 3.63) is 65.2 Å². The van der Waals surface area contributed by atoms with Crippen LogP contribution in [0.25, 0.3) is 0 Å². The lowest BCUT2D eigenvalue weighted by Gasteiger charge is -2.10. The molecule has 0 bridgehead atoms. The van der Waals surface area contributed by atoms with E-state index in [4.69, 9.17) is 4.74 Å². The van der Waals surface area contributed by atoms with Crippen molar-refractivity contribution in [2.75, 3.05) is 7.11 Å². The van der Waals surface area contributed by atoms with Crippen molar-refractivity contribution in [3.8, 4) is 5.75 Å². The van der Waals surface area contributed by atoms with Crippen molar-refractivity contribution in [2.24, 2.45) is 0 Å². The monoisotopic (exact) mass is 305 g/mol. The van der Waals surface area contributed by atoms with Gasteiger partial charge in [-0.05, 0) is 42.3 Å². The largest absolute Gasteiger partial charge is 0.496 e. The minimum atomic E-state index is -0.384. The van der Waals surface area contributed by atoms with E-state index in [9.17, 15) is 13.6 Å². The number of carbonyl (C=O) groups is 1. The normalized spacial score (nSPS) is 10.3. The van der Waals surface area contributed by atoms with Crippen molar-refractivity contribution < 1.29 is 18.3 Å². The molecule has 0 fully saturated rings. The van der Waals surface area contributed by atoms with E-state index in [-0.39, 0.29) is 30.5 Å². The summed E-state index contributed by atoms with van der Waals surface area (Å²) < 4.78 is 31.4. The summed E-state index contributed by atoms with van der Waals surface area (Å²) in [5, 5.41) is 2.71. The number of aryl methyl sites for hydroxylation is 1. The molecule has 1 amide bonds. The van der Waals surface area contributed by atoms with Crippen LogP contribution in [0.4, 0.5) is 8.78 Å². The summed E-state index contributed by atoms with van der Waals surface area (Å²) >= 11 is 0. The Morgan fingerprint density at radius 1 is 1.14 bits per heavy atom. The topological polar surface area (TPSA) is 38.3 Å². The molecule has 0 aliphatic heterocycles. The number of hydrogen-bond acceptors (Lipinski definition) is 2. The maximum Gasteiger partial charge on any atom is 0.220 e. The SMILES string of the molecule is COc1ccc(F)cc1CNC(=O)CCc1cccc(F)c1. The van der Waals surface area contributed by atoms with Crippen LogP contribution in [0.2, 0.25) is 0 Å². The fourth-order valence-corrected chi connectivity index (χ4v) is 2.12. The number of rotatable bonds is 6. The average molecular weight is 305 g/mol. The first-order chi connectivity index (χ1) is 10.6. The van der Waals surface area contributed by atoms with Crippen LogP contribution in [0.15, 0.2) is 42.5 Å². The van der Waals surface area contributed by atoms with Crippen molar-refractivity contribution in [3.63, 3.8) is 0 Å². The van der Waals surface area contributed by atoms with Crippen molar-refractivity contribution in [2.45, 2.75) is 19.4 Å². The lowest BCUT2D eigenvalue weighted by atomic mass is 10.1. The third kappa shape index (κ3) is 4.55. The fourth-order valence-electron chi connectivity index (χ4n) is 2.12. The van der Waals surface area contributed by atoms with Gasteiger partial charge in [-0.15, -0.1) is 0 Å². The molecule has 0 saturated heterocycles. The number of amides is 1. The second-order valence-corrected chi connectivity index (χ2v) is 4.86.